The molecule has 1 radical (unpaired) electrons. The molecule has 2 aromatic rings. The Morgan fingerprint density at radius 3 is 2.39 bits per heavy atom. The number of hydrogen-bond acceptors (Lipinski definition) is 8. The summed E-state index contributed by atoms with van der Waals surface area (Å²) in [7, 11) is -4.52. The van der Waals surface area contributed by atoms with Crippen LogP contribution in [0.15, 0.2) is 78.3 Å². The van der Waals surface area contributed by atoms with Crippen molar-refractivity contribution in [3.8, 4) is 5.75 Å². The number of aliphatic hydroxyl groups excluding tert-OH is 1. The molecule has 10 nitrogen and oxygen atoms in total. The predicted molar refractivity (Wildman–Crippen MR) is 139 cm³/mol. The monoisotopic (exact) mass is 540 g/mol. The summed E-state index contributed by atoms with van der Waals surface area (Å²) in [5, 5.41) is 9.80. The number of para-hydroxylation sites is 3. The van der Waals surface area contributed by atoms with Gasteiger partial charge in [0.05, 0.1) is 24.6 Å². The number of fused-ring (bicyclic) bond motifs is 1. The van der Waals surface area contributed by atoms with Crippen LogP contribution in [0.2, 0.25) is 0 Å². The van der Waals surface area contributed by atoms with Crippen LogP contribution in [0.25, 0.3) is 0 Å². The number of hydrogen-bond donors (Lipinski definition) is 2. The zero-order chi connectivity index (χ0) is 25.0. The molecule has 0 saturated carbocycles. The number of aliphatic hydroxyl groups is 1. The number of β-amino-alcohol motifs (C(OH)–C–C–N with tert-alkyl or cyclic N) is 1. The van der Waals surface area contributed by atoms with Crippen molar-refractivity contribution in [1.82, 2.24) is 4.90 Å². The maximum absolute atomic E-state index is 13.3. The summed E-state index contributed by atoms with van der Waals surface area (Å²) in [6, 6.07) is 16.3. The van der Waals surface area contributed by atoms with Crippen LogP contribution in [0.3, 0.4) is 0 Å². The number of anilines is 2. The topological polar surface area (TPSA) is 120 Å². The first-order valence-corrected chi connectivity index (χ1v) is 12.5. The van der Waals surface area contributed by atoms with Crippen LogP contribution in [0.5, 0.6) is 5.75 Å². The minimum atomic E-state index is -4.52. The summed E-state index contributed by atoms with van der Waals surface area (Å²) in [6.45, 7) is 0.0474. The number of ether oxygens (including phenoxy) is 1. The summed E-state index contributed by atoms with van der Waals surface area (Å²) in [5.41, 5.74) is 1.65. The third-order valence-corrected chi connectivity index (χ3v) is 6.12. The summed E-state index contributed by atoms with van der Waals surface area (Å²) < 4.78 is 40.8. The van der Waals surface area contributed by atoms with Crippen LogP contribution in [-0.4, -0.2) is 89.9 Å². The second kappa shape index (κ2) is 12.3. The Bertz CT molecular complexity index is 1290. The Balaban J connectivity index is 0.00000361. The first-order chi connectivity index (χ1) is 16.8. The average Bonchev–Trinajstić information content (AvgIpc) is 3.29. The predicted octanol–water partition coefficient (Wildman–Crippen LogP) is 2.07. The van der Waals surface area contributed by atoms with Gasteiger partial charge in [0.15, 0.2) is 10.9 Å². The number of nitrogens with zero attached hydrogens (tertiary/aromatic N) is 3. The van der Waals surface area contributed by atoms with E-state index in [1.54, 1.807) is 47.4 Å². The van der Waals surface area contributed by atoms with Crippen molar-refractivity contribution in [2.24, 2.45) is 0 Å². The van der Waals surface area contributed by atoms with Gasteiger partial charge in [-0.3, -0.25) is 14.2 Å². The largest absolute Gasteiger partial charge is 0.439 e. The summed E-state index contributed by atoms with van der Waals surface area (Å²) in [4.78, 5) is 18.1. The van der Waals surface area contributed by atoms with Crippen molar-refractivity contribution >= 4 is 74.6 Å². The number of benzene rings is 2. The second-order valence-corrected chi connectivity index (χ2v) is 8.97. The molecular formula is C23H23N3NaO7S2. The van der Waals surface area contributed by atoms with Crippen molar-refractivity contribution in [2.45, 2.75) is 6.42 Å². The molecule has 1 fully saturated rings. The zero-order valence-corrected chi connectivity index (χ0v) is 23.1. The molecule has 0 atom stereocenters. The van der Waals surface area contributed by atoms with Gasteiger partial charge in [0.1, 0.15) is 5.70 Å². The van der Waals surface area contributed by atoms with Gasteiger partial charge in [-0.1, -0.05) is 30.3 Å². The summed E-state index contributed by atoms with van der Waals surface area (Å²) in [6.07, 6.45) is 3.47. The van der Waals surface area contributed by atoms with E-state index in [9.17, 15) is 18.3 Å². The zero-order valence-electron chi connectivity index (χ0n) is 19.5. The van der Waals surface area contributed by atoms with E-state index < -0.39 is 10.4 Å². The normalized spacial score (nSPS) is 17.6. The smallest absolute Gasteiger partial charge is 0.397 e. The van der Waals surface area contributed by atoms with E-state index >= 15 is 0 Å². The number of rotatable bonds is 9. The molecule has 0 spiro atoms. The molecular weight excluding hydrogens is 517 g/mol. The molecule has 0 unspecified atom stereocenters. The Labute approximate surface area is 236 Å². The van der Waals surface area contributed by atoms with E-state index in [0.717, 1.165) is 5.69 Å². The first kappa shape index (κ1) is 28.3. The fourth-order valence-corrected chi connectivity index (χ4v) is 4.47. The minimum absolute atomic E-state index is 0. The second-order valence-electron chi connectivity index (χ2n) is 7.52. The van der Waals surface area contributed by atoms with Gasteiger partial charge in [-0.2, -0.15) is 8.42 Å². The van der Waals surface area contributed by atoms with Gasteiger partial charge >= 0.3 is 10.4 Å². The Kier molecular flexibility index (Phi) is 9.66. The Hall–Kier alpha value is -2.29. The molecule has 36 heavy (non-hydrogen) atoms. The van der Waals surface area contributed by atoms with Crippen molar-refractivity contribution in [3.63, 3.8) is 0 Å². The fourth-order valence-electron chi connectivity index (χ4n) is 3.77. The van der Waals surface area contributed by atoms with Crippen molar-refractivity contribution < 1.29 is 31.8 Å². The molecule has 13 heteroatoms. The molecule has 185 valence electrons. The van der Waals surface area contributed by atoms with Gasteiger partial charge in [-0.05, 0) is 49.0 Å². The van der Waals surface area contributed by atoms with E-state index in [1.807, 2.05) is 29.2 Å². The maximum Gasteiger partial charge on any atom is 0.397 e. The van der Waals surface area contributed by atoms with Gasteiger partial charge in [-0.15, -0.1) is 0 Å². The van der Waals surface area contributed by atoms with Crippen molar-refractivity contribution in [1.29, 1.82) is 0 Å². The Morgan fingerprint density at radius 2 is 1.69 bits per heavy atom. The number of carbonyl (C=O) groups excluding carboxylic acids is 1. The van der Waals surface area contributed by atoms with E-state index in [0.29, 0.717) is 23.9 Å². The maximum atomic E-state index is 13.3. The molecule has 0 aliphatic carbocycles. The van der Waals surface area contributed by atoms with Gasteiger partial charge in [0.25, 0.3) is 5.91 Å². The molecule has 2 aliphatic heterocycles. The summed E-state index contributed by atoms with van der Waals surface area (Å²) in [5.74, 6) is 0.667. The SMILES string of the molecule is O=C1/C(=C\C=C2\Oc3ccccc3N2CCCOS(=O)(=O)O)N(CCO)C(=S)N1c1ccccc1.[Na]. The molecule has 0 aromatic heterocycles. The van der Waals surface area contributed by atoms with Gasteiger partial charge in [-0.25, -0.2) is 4.18 Å². The standard InChI is InChI=1S/C23H23N3O7S2.Na/c27-15-14-25-19(22(28)26(23(25)34)17-7-2-1-3-8-17)11-12-21-24(13-6-16-32-35(29,30)31)18-9-4-5-10-20(18)33-21;/h1-5,7-12,27H,6,13-16H2,(H,29,30,31);/b19-11+,21-12+;. The fraction of sp³-hybridized carbons (Fsp3) is 0.217. The van der Waals surface area contributed by atoms with Crippen LogP contribution >= 0.6 is 12.2 Å². The average molecular weight is 541 g/mol. The minimum Gasteiger partial charge on any atom is -0.439 e. The van der Waals surface area contributed by atoms with Gasteiger partial charge in [0.2, 0.25) is 5.88 Å². The molecule has 0 bridgehead atoms. The molecule has 4 rings (SSSR count). The van der Waals surface area contributed by atoms with Crippen LogP contribution in [-0.2, 0) is 19.4 Å². The number of carbonyl (C=O) groups is 1. The third kappa shape index (κ3) is 6.33. The first-order valence-electron chi connectivity index (χ1n) is 10.7. The molecule has 1 amide bonds. The van der Waals surface area contributed by atoms with E-state index in [2.05, 4.69) is 4.18 Å². The third-order valence-electron chi connectivity index (χ3n) is 5.25. The molecule has 2 heterocycles. The van der Waals surface area contributed by atoms with Crippen LogP contribution in [0.1, 0.15) is 6.42 Å². The van der Waals surface area contributed by atoms with Crippen molar-refractivity contribution in [2.75, 3.05) is 36.1 Å². The van der Waals surface area contributed by atoms with Crippen LogP contribution in [0, 0.1) is 0 Å². The number of amides is 1. The van der Waals surface area contributed by atoms with Gasteiger partial charge < -0.3 is 19.6 Å². The Morgan fingerprint density at radius 1 is 1.00 bits per heavy atom. The van der Waals surface area contributed by atoms with E-state index in [-0.39, 0.29) is 72.5 Å². The van der Waals surface area contributed by atoms with E-state index in [1.165, 1.54) is 4.90 Å². The number of thiocarbonyl (C=S) groups is 1. The number of allylic oxidation sites excluding steroid dienone is 2. The molecule has 2 aromatic carbocycles. The van der Waals surface area contributed by atoms with Gasteiger partial charge in [0, 0.05) is 48.7 Å². The quantitative estimate of drug-likeness (QED) is 0.161. The van der Waals surface area contributed by atoms with Crippen molar-refractivity contribution in [3.05, 3.63) is 78.3 Å². The van der Waals surface area contributed by atoms with Crippen LogP contribution < -0.4 is 14.5 Å². The molecule has 2 N–H and O–H groups in total. The molecule has 2 aliphatic rings. The van der Waals surface area contributed by atoms with E-state index in [4.69, 9.17) is 21.5 Å². The molecule has 1 saturated heterocycles. The summed E-state index contributed by atoms with van der Waals surface area (Å²) >= 11 is 5.53. The van der Waals surface area contributed by atoms with Crippen LogP contribution in [0.4, 0.5) is 11.4 Å².